The fraction of sp³-hybridized carbons (Fsp3) is 0.591. The van der Waals surface area contributed by atoms with Crippen molar-refractivity contribution in [3.63, 3.8) is 0 Å². The average molecular weight is 354 g/mol. The van der Waals surface area contributed by atoms with Crippen molar-refractivity contribution in [2.24, 2.45) is 12.5 Å². The van der Waals surface area contributed by atoms with E-state index in [0.29, 0.717) is 17.0 Å². The molecule has 2 saturated carbocycles. The van der Waals surface area contributed by atoms with Gasteiger partial charge in [0.2, 0.25) is 0 Å². The topological polar surface area (TPSA) is 53.1 Å². The third-order valence-electron chi connectivity index (χ3n) is 6.82. The number of aryl methyl sites for hydroxylation is 1. The quantitative estimate of drug-likeness (QED) is 0.763. The Balaban J connectivity index is 1.65. The standard InChI is InChI=1S/C22H31N3O/c1-25-15-17(14-24-25)18-12-20(23)21(26-2)13-19(18)16-6-10-22(11-7-16)8-4-3-5-9-22/h12-16H,3-11,23H2,1-2H3. The van der Waals surface area contributed by atoms with E-state index in [1.807, 2.05) is 17.9 Å². The van der Waals surface area contributed by atoms with Gasteiger partial charge in [-0.25, -0.2) is 0 Å². The van der Waals surface area contributed by atoms with Crippen LogP contribution in [0.3, 0.4) is 0 Å². The summed E-state index contributed by atoms with van der Waals surface area (Å²) in [5, 5.41) is 4.36. The van der Waals surface area contributed by atoms with Crippen molar-refractivity contribution >= 4 is 5.69 Å². The molecule has 4 heteroatoms. The molecule has 0 radical (unpaired) electrons. The summed E-state index contributed by atoms with van der Waals surface area (Å²) in [4.78, 5) is 0. The second kappa shape index (κ2) is 6.98. The average Bonchev–Trinajstić information content (AvgIpc) is 3.09. The first-order valence-corrected chi connectivity index (χ1v) is 10.1. The number of anilines is 1. The predicted octanol–water partition coefficient (Wildman–Crippen LogP) is 5.29. The molecule has 0 atom stereocenters. The molecule has 0 amide bonds. The molecule has 2 N–H and O–H groups in total. The maximum atomic E-state index is 6.23. The Morgan fingerprint density at radius 2 is 1.85 bits per heavy atom. The van der Waals surface area contributed by atoms with Crippen molar-refractivity contribution in [1.82, 2.24) is 9.78 Å². The Bertz CT molecular complexity index is 764. The highest BCUT2D eigenvalue weighted by atomic mass is 16.5. The molecule has 26 heavy (non-hydrogen) atoms. The number of benzene rings is 1. The van der Waals surface area contributed by atoms with Crippen molar-refractivity contribution in [1.29, 1.82) is 0 Å². The molecule has 1 aromatic heterocycles. The van der Waals surface area contributed by atoms with Crippen molar-refractivity contribution < 1.29 is 4.74 Å². The van der Waals surface area contributed by atoms with Crippen LogP contribution in [0.5, 0.6) is 5.75 Å². The van der Waals surface area contributed by atoms with Gasteiger partial charge in [0, 0.05) is 18.8 Å². The van der Waals surface area contributed by atoms with Crippen LogP contribution in [0.25, 0.3) is 11.1 Å². The maximum Gasteiger partial charge on any atom is 0.142 e. The number of methoxy groups -OCH3 is 1. The minimum atomic E-state index is 0.590. The van der Waals surface area contributed by atoms with Gasteiger partial charge in [0.25, 0.3) is 0 Å². The van der Waals surface area contributed by atoms with E-state index >= 15 is 0 Å². The van der Waals surface area contributed by atoms with E-state index in [9.17, 15) is 0 Å². The number of nitrogens with two attached hydrogens (primary N) is 1. The van der Waals surface area contributed by atoms with Gasteiger partial charge in [-0.15, -0.1) is 0 Å². The Labute approximate surface area is 156 Å². The summed E-state index contributed by atoms with van der Waals surface area (Å²) in [6, 6.07) is 4.26. The molecule has 1 heterocycles. The Hall–Kier alpha value is -1.97. The summed E-state index contributed by atoms with van der Waals surface area (Å²) >= 11 is 0. The molecule has 140 valence electrons. The van der Waals surface area contributed by atoms with Gasteiger partial charge in [0.1, 0.15) is 5.75 Å². The second-order valence-electron chi connectivity index (χ2n) is 8.42. The number of hydrogen-bond donors (Lipinski definition) is 1. The lowest BCUT2D eigenvalue weighted by atomic mass is 9.62. The number of ether oxygens (including phenoxy) is 1. The zero-order chi connectivity index (χ0) is 18.1. The zero-order valence-corrected chi connectivity index (χ0v) is 16.1. The van der Waals surface area contributed by atoms with E-state index in [1.54, 1.807) is 7.11 Å². The lowest BCUT2D eigenvalue weighted by Crippen LogP contribution is -2.29. The monoisotopic (exact) mass is 353 g/mol. The van der Waals surface area contributed by atoms with E-state index in [0.717, 1.165) is 11.3 Å². The lowest BCUT2D eigenvalue weighted by Gasteiger charge is -2.43. The zero-order valence-electron chi connectivity index (χ0n) is 16.1. The normalized spacial score (nSPS) is 20.4. The fourth-order valence-corrected chi connectivity index (χ4v) is 5.28. The molecule has 2 fully saturated rings. The summed E-state index contributed by atoms with van der Waals surface area (Å²) in [5.74, 6) is 1.39. The van der Waals surface area contributed by atoms with Crippen LogP contribution in [0, 0.1) is 5.41 Å². The number of nitrogens with zero attached hydrogens (tertiary/aromatic N) is 2. The molecule has 1 spiro atoms. The molecule has 0 bridgehead atoms. The fourth-order valence-electron chi connectivity index (χ4n) is 5.28. The molecular weight excluding hydrogens is 322 g/mol. The molecule has 0 unspecified atom stereocenters. The summed E-state index contributed by atoms with van der Waals surface area (Å²) in [7, 11) is 3.67. The van der Waals surface area contributed by atoms with Gasteiger partial charge >= 0.3 is 0 Å². The SMILES string of the molecule is COc1cc(C2CCC3(CCCCC3)CC2)c(-c2cnn(C)c2)cc1N. The van der Waals surface area contributed by atoms with Gasteiger partial charge in [0.15, 0.2) is 0 Å². The smallest absolute Gasteiger partial charge is 0.142 e. The summed E-state index contributed by atoms with van der Waals surface area (Å²) < 4.78 is 7.40. The second-order valence-corrected chi connectivity index (χ2v) is 8.42. The largest absolute Gasteiger partial charge is 0.495 e. The van der Waals surface area contributed by atoms with E-state index in [1.165, 1.54) is 68.9 Å². The predicted molar refractivity (Wildman–Crippen MR) is 106 cm³/mol. The van der Waals surface area contributed by atoms with Gasteiger partial charge in [-0.2, -0.15) is 5.10 Å². The lowest BCUT2D eigenvalue weighted by molar-refractivity contribution is 0.114. The van der Waals surface area contributed by atoms with Crippen LogP contribution in [0.4, 0.5) is 5.69 Å². The van der Waals surface area contributed by atoms with Crippen LogP contribution >= 0.6 is 0 Å². The van der Waals surface area contributed by atoms with Gasteiger partial charge in [-0.3, -0.25) is 4.68 Å². The molecule has 2 aromatic rings. The number of rotatable bonds is 3. The molecular formula is C22H31N3O. The van der Waals surface area contributed by atoms with Crippen molar-refractivity contribution in [2.75, 3.05) is 12.8 Å². The summed E-state index contributed by atoms with van der Waals surface area (Å²) in [6.45, 7) is 0. The summed E-state index contributed by atoms with van der Waals surface area (Å²) in [5.41, 5.74) is 11.3. The first-order chi connectivity index (χ1) is 12.6. The molecule has 4 rings (SSSR count). The van der Waals surface area contributed by atoms with Crippen molar-refractivity contribution in [3.05, 3.63) is 30.1 Å². The molecule has 0 saturated heterocycles. The third-order valence-corrected chi connectivity index (χ3v) is 6.82. The van der Waals surface area contributed by atoms with Crippen LogP contribution in [-0.2, 0) is 7.05 Å². The Morgan fingerprint density at radius 1 is 1.12 bits per heavy atom. The molecule has 4 nitrogen and oxygen atoms in total. The number of nitrogen functional groups attached to an aromatic ring is 1. The minimum Gasteiger partial charge on any atom is -0.495 e. The van der Waals surface area contributed by atoms with Gasteiger partial charge < -0.3 is 10.5 Å². The third kappa shape index (κ3) is 3.22. The molecule has 2 aliphatic carbocycles. The van der Waals surface area contributed by atoms with Crippen LogP contribution in [0.2, 0.25) is 0 Å². The van der Waals surface area contributed by atoms with Crippen LogP contribution < -0.4 is 10.5 Å². The molecule has 2 aliphatic rings. The Morgan fingerprint density at radius 3 is 2.46 bits per heavy atom. The van der Waals surface area contributed by atoms with Gasteiger partial charge in [-0.05, 0) is 73.1 Å². The van der Waals surface area contributed by atoms with Crippen LogP contribution in [0.1, 0.15) is 69.3 Å². The van der Waals surface area contributed by atoms with Crippen molar-refractivity contribution in [3.8, 4) is 16.9 Å². The molecule has 0 aliphatic heterocycles. The number of hydrogen-bond acceptors (Lipinski definition) is 3. The first-order valence-electron chi connectivity index (χ1n) is 10.1. The van der Waals surface area contributed by atoms with Crippen LogP contribution in [-0.4, -0.2) is 16.9 Å². The van der Waals surface area contributed by atoms with E-state index in [2.05, 4.69) is 23.4 Å². The highest BCUT2D eigenvalue weighted by Gasteiger charge is 2.37. The van der Waals surface area contributed by atoms with E-state index < -0.39 is 0 Å². The highest BCUT2D eigenvalue weighted by Crippen LogP contribution is 2.52. The van der Waals surface area contributed by atoms with Gasteiger partial charge in [0.05, 0.1) is 19.0 Å². The highest BCUT2D eigenvalue weighted by molar-refractivity contribution is 5.74. The Kier molecular flexibility index (Phi) is 4.68. The van der Waals surface area contributed by atoms with Gasteiger partial charge in [-0.1, -0.05) is 19.3 Å². The maximum absolute atomic E-state index is 6.23. The summed E-state index contributed by atoms with van der Waals surface area (Å²) in [6.07, 6.45) is 16.5. The van der Waals surface area contributed by atoms with E-state index in [-0.39, 0.29) is 0 Å². The van der Waals surface area contributed by atoms with E-state index in [4.69, 9.17) is 10.5 Å². The molecule has 1 aromatic carbocycles. The van der Waals surface area contributed by atoms with Crippen molar-refractivity contribution in [2.45, 2.75) is 63.7 Å². The van der Waals surface area contributed by atoms with Crippen LogP contribution in [0.15, 0.2) is 24.5 Å². The first kappa shape index (κ1) is 17.4. The minimum absolute atomic E-state index is 0.590. The number of aromatic nitrogens is 2.